The summed E-state index contributed by atoms with van der Waals surface area (Å²) in [6, 6.07) is 0. The van der Waals surface area contributed by atoms with Crippen molar-refractivity contribution >= 4 is 16.6 Å². The van der Waals surface area contributed by atoms with Crippen molar-refractivity contribution in [3.63, 3.8) is 0 Å². The van der Waals surface area contributed by atoms with Crippen molar-refractivity contribution in [2.45, 2.75) is 149 Å². The van der Waals surface area contributed by atoms with Gasteiger partial charge in [0.1, 0.15) is 0 Å². The SMILES string of the molecule is C=C1/C(=C\C=C2CCC[C@@]3(C)C2CC[C@@H]3[C@@H](C)CCCC(C)(C)O)C[C@H](O[Si](C)(C)C)[C@H](C)[C@@H]1O[Si](C)(C)C. The largest absolute Gasteiger partial charge is 0.414 e. The molecule has 3 nitrogen and oxygen atoms in total. The highest BCUT2D eigenvalue weighted by Crippen LogP contribution is 2.60. The second kappa shape index (κ2) is 12.4. The molecule has 0 saturated heterocycles. The molecule has 3 fully saturated rings. The van der Waals surface area contributed by atoms with E-state index in [9.17, 15) is 5.11 Å². The van der Waals surface area contributed by atoms with Crippen molar-refractivity contribution in [2.75, 3.05) is 0 Å². The van der Waals surface area contributed by atoms with Crippen LogP contribution in [0.1, 0.15) is 92.4 Å². The average molecular weight is 575 g/mol. The fourth-order valence-corrected chi connectivity index (χ4v) is 10.4. The first-order valence-electron chi connectivity index (χ1n) is 16.0. The van der Waals surface area contributed by atoms with Crippen LogP contribution in [0.15, 0.2) is 35.5 Å². The monoisotopic (exact) mass is 574 g/mol. The Balaban J connectivity index is 1.81. The van der Waals surface area contributed by atoms with Gasteiger partial charge < -0.3 is 14.0 Å². The minimum absolute atomic E-state index is 0.0497. The molecule has 0 aromatic rings. The first kappa shape index (κ1) is 33.0. The Bertz CT molecular complexity index is 916. The van der Waals surface area contributed by atoms with Gasteiger partial charge >= 0.3 is 0 Å². The van der Waals surface area contributed by atoms with E-state index in [2.05, 4.69) is 78.8 Å². The normalized spacial score (nSPS) is 35.5. The highest BCUT2D eigenvalue weighted by molar-refractivity contribution is 6.70. The molecule has 3 rings (SSSR count). The zero-order valence-electron chi connectivity index (χ0n) is 27.5. The summed E-state index contributed by atoms with van der Waals surface area (Å²) in [4.78, 5) is 0. The third-order valence-corrected chi connectivity index (χ3v) is 11.9. The lowest BCUT2D eigenvalue weighted by Gasteiger charge is -2.45. The standard InChI is InChI=1S/C34H62O3Si2/c1-24(15-13-21-33(4,5)35)29-19-20-30-27(16-14-22-34(29,30)6)17-18-28-23-31(36-38(7,8)9)26(3)32(25(28)2)37-39(10,11)12/h17-18,24,26,29-32,35H,2,13-16,19-23H2,1,3-12H3/b27-17?,28-18-/t24-,26-,29+,30?,31-,32+,34+/m0/s1. The zero-order valence-corrected chi connectivity index (χ0v) is 29.5. The van der Waals surface area contributed by atoms with Gasteiger partial charge in [-0.15, -0.1) is 0 Å². The summed E-state index contributed by atoms with van der Waals surface area (Å²) >= 11 is 0. The van der Waals surface area contributed by atoms with Gasteiger partial charge in [-0.2, -0.15) is 0 Å². The zero-order chi connectivity index (χ0) is 29.4. The summed E-state index contributed by atoms with van der Waals surface area (Å²) in [5.74, 6) is 2.53. The smallest absolute Gasteiger partial charge is 0.184 e. The molecule has 0 aromatic carbocycles. The third-order valence-electron chi connectivity index (χ3n) is 9.90. The average Bonchev–Trinajstić information content (AvgIpc) is 3.13. The van der Waals surface area contributed by atoms with E-state index in [4.69, 9.17) is 8.85 Å². The summed E-state index contributed by atoms with van der Waals surface area (Å²) in [7, 11) is -3.41. The van der Waals surface area contributed by atoms with E-state index in [-0.39, 0.29) is 12.2 Å². The topological polar surface area (TPSA) is 38.7 Å². The van der Waals surface area contributed by atoms with Crippen LogP contribution in [0.3, 0.4) is 0 Å². The Morgan fingerprint density at radius 2 is 1.72 bits per heavy atom. The van der Waals surface area contributed by atoms with E-state index in [1.54, 1.807) is 5.57 Å². The van der Waals surface area contributed by atoms with Gasteiger partial charge in [0.25, 0.3) is 0 Å². The van der Waals surface area contributed by atoms with Crippen molar-refractivity contribution < 1.29 is 14.0 Å². The first-order valence-corrected chi connectivity index (χ1v) is 22.8. The minimum atomic E-state index is -1.73. The van der Waals surface area contributed by atoms with Gasteiger partial charge in [-0.05, 0) is 132 Å². The molecule has 0 bridgehead atoms. The highest BCUT2D eigenvalue weighted by Gasteiger charge is 2.50. The molecular formula is C34H62O3Si2. The molecule has 0 aromatic heterocycles. The predicted molar refractivity (Wildman–Crippen MR) is 173 cm³/mol. The van der Waals surface area contributed by atoms with Crippen LogP contribution in [0, 0.1) is 29.1 Å². The minimum Gasteiger partial charge on any atom is -0.414 e. The Kier molecular flexibility index (Phi) is 10.5. The number of hydrogen-bond donors (Lipinski definition) is 1. The van der Waals surface area contributed by atoms with E-state index < -0.39 is 22.2 Å². The van der Waals surface area contributed by atoms with Crippen molar-refractivity contribution in [3.8, 4) is 0 Å². The Hall–Kier alpha value is -0.466. The molecule has 3 saturated carbocycles. The second-order valence-corrected chi connectivity index (χ2v) is 25.1. The third kappa shape index (κ3) is 8.76. The molecule has 0 radical (unpaired) electrons. The van der Waals surface area contributed by atoms with Gasteiger partial charge in [-0.25, -0.2) is 0 Å². The van der Waals surface area contributed by atoms with E-state index in [1.807, 2.05) is 13.8 Å². The molecule has 0 aliphatic heterocycles. The van der Waals surface area contributed by atoms with E-state index >= 15 is 0 Å². The molecule has 39 heavy (non-hydrogen) atoms. The number of aliphatic hydroxyl groups is 1. The summed E-state index contributed by atoms with van der Waals surface area (Å²) < 4.78 is 13.5. The fourth-order valence-electron chi connectivity index (χ4n) is 8.05. The molecule has 5 heteroatoms. The van der Waals surface area contributed by atoms with Crippen molar-refractivity contribution in [2.24, 2.45) is 29.1 Å². The fraction of sp³-hybridized carbons (Fsp3) is 0.824. The van der Waals surface area contributed by atoms with Crippen molar-refractivity contribution in [1.29, 1.82) is 0 Å². The van der Waals surface area contributed by atoms with Crippen LogP contribution in [0.25, 0.3) is 0 Å². The summed E-state index contributed by atoms with van der Waals surface area (Å²) in [6.07, 6.45) is 15.9. The quantitative estimate of drug-likeness (QED) is 0.264. The van der Waals surface area contributed by atoms with Gasteiger partial charge in [-0.1, -0.05) is 57.9 Å². The Morgan fingerprint density at radius 3 is 2.31 bits per heavy atom. The summed E-state index contributed by atoms with van der Waals surface area (Å²) in [6.45, 7) is 29.6. The van der Waals surface area contributed by atoms with Gasteiger partial charge in [0.15, 0.2) is 16.6 Å². The van der Waals surface area contributed by atoms with Crippen LogP contribution in [-0.2, 0) is 8.85 Å². The van der Waals surface area contributed by atoms with E-state index in [1.165, 1.54) is 49.7 Å². The molecule has 224 valence electrons. The van der Waals surface area contributed by atoms with Crippen LogP contribution >= 0.6 is 0 Å². The number of fused-ring (bicyclic) bond motifs is 1. The molecule has 3 aliphatic carbocycles. The predicted octanol–water partition coefficient (Wildman–Crippen LogP) is 9.67. The van der Waals surface area contributed by atoms with Crippen LogP contribution in [0.2, 0.25) is 39.3 Å². The maximum Gasteiger partial charge on any atom is 0.184 e. The van der Waals surface area contributed by atoms with Gasteiger partial charge in [0.05, 0.1) is 17.8 Å². The van der Waals surface area contributed by atoms with Crippen LogP contribution in [0.4, 0.5) is 0 Å². The highest BCUT2D eigenvalue weighted by atomic mass is 28.4. The van der Waals surface area contributed by atoms with E-state index in [0.29, 0.717) is 17.3 Å². The van der Waals surface area contributed by atoms with Crippen molar-refractivity contribution in [1.82, 2.24) is 0 Å². The molecule has 0 spiro atoms. The lowest BCUT2D eigenvalue weighted by molar-refractivity contribution is 0.0478. The van der Waals surface area contributed by atoms with Gasteiger partial charge in [0.2, 0.25) is 0 Å². The van der Waals surface area contributed by atoms with Crippen LogP contribution in [0.5, 0.6) is 0 Å². The van der Waals surface area contributed by atoms with E-state index in [0.717, 1.165) is 31.1 Å². The Morgan fingerprint density at radius 1 is 1.08 bits per heavy atom. The van der Waals surface area contributed by atoms with Gasteiger partial charge in [0, 0.05) is 5.92 Å². The molecule has 1 unspecified atom stereocenters. The lowest BCUT2D eigenvalue weighted by atomic mass is 9.60. The van der Waals surface area contributed by atoms with Gasteiger partial charge in [-0.3, -0.25) is 0 Å². The van der Waals surface area contributed by atoms with Crippen molar-refractivity contribution in [3.05, 3.63) is 35.5 Å². The maximum absolute atomic E-state index is 10.2. The molecule has 7 atom stereocenters. The molecule has 3 aliphatic rings. The summed E-state index contributed by atoms with van der Waals surface area (Å²) in [5.41, 5.74) is 4.05. The maximum atomic E-state index is 10.2. The number of allylic oxidation sites excluding steroid dienone is 3. The summed E-state index contributed by atoms with van der Waals surface area (Å²) in [5, 5.41) is 10.2. The molecule has 0 amide bonds. The number of rotatable bonds is 10. The van der Waals surface area contributed by atoms with Crippen LogP contribution < -0.4 is 0 Å². The van der Waals surface area contributed by atoms with Crippen LogP contribution in [-0.4, -0.2) is 39.6 Å². The second-order valence-electron chi connectivity index (χ2n) is 16.2. The number of hydrogen-bond acceptors (Lipinski definition) is 3. The Labute approximate surface area is 244 Å². The lowest BCUT2D eigenvalue weighted by Crippen LogP contribution is -2.47. The molecular weight excluding hydrogens is 513 g/mol. The first-order chi connectivity index (χ1) is 17.8. The molecule has 1 N–H and O–H groups in total. The molecule has 0 heterocycles.